The first-order chi connectivity index (χ1) is 11.1. The van der Waals surface area contributed by atoms with E-state index >= 15 is 0 Å². The van der Waals surface area contributed by atoms with Gasteiger partial charge in [-0.05, 0) is 6.07 Å². The van der Waals surface area contributed by atoms with E-state index in [4.69, 9.17) is 9.47 Å². The Morgan fingerprint density at radius 3 is 2.43 bits per heavy atom. The van der Waals surface area contributed by atoms with Crippen molar-refractivity contribution in [3.05, 3.63) is 28.3 Å². The summed E-state index contributed by atoms with van der Waals surface area (Å²) in [7, 11) is 5.35. The van der Waals surface area contributed by atoms with E-state index in [1.807, 2.05) is 0 Å². The van der Waals surface area contributed by atoms with Crippen LogP contribution in [-0.2, 0) is 6.54 Å². The van der Waals surface area contributed by atoms with Crippen molar-refractivity contribution in [3.63, 3.8) is 0 Å². The molecule has 0 spiro atoms. The molecule has 1 saturated heterocycles. The molecule has 7 heteroatoms. The number of H-pyrrole nitrogens is 1. The molecule has 0 radical (unpaired) electrons. The Bertz CT molecular complexity index is 751. The molecule has 1 aliphatic rings. The van der Waals surface area contributed by atoms with Crippen LogP contribution in [0.5, 0.6) is 11.5 Å². The number of ether oxygens (including phenoxy) is 2. The van der Waals surface area contributed by atoms with Crippen molar-refractivity contribution in [1.29, 1.82) is 0 Å². The van der Waals surface area contributed by atoms with Crippen molar-refractivity contribution in [3.8, 4) is 11.5 Å². The number of nitrogens with zero attached hydrogens (tertiary/aromatic N) is 1. The van der Waals surface area contributed by atoms with Crippen LogP contribution in [0.3, 0.4) is 0 Å². The fourth-order valence-corrected chi connectivity index (χ4v) is 3.04. The summed E-state index contributed by atoms with van der Waals surface area (Å²) >= 11 is 0. The molecule has 124 valence electrons. The second-order valence-electron chi connectivity index (χ2n) is 6.12. The third-order valence-electron chi connectivity index (χ3n) is 4.49. The van der Waals surface area contributed by atoms with Crippen LogP contribution in [0.2, 0.25) is 0 Å². The number of nitrogens with one attached hydrogen (secondary N) is 3. The lowest BCUT2D eigenvalue weighted by Gasteiger charge is -2.26. The van der Waals surface area contributed by atoms with E-state index in [1.54, 1.807) is 31.3 Å². The van der Waals surface area contributed by atoms with E-state index in [0.29, 0.717) is 22.4 Å². The van der Waals surface area contributed by atoms with Gasteiger partial charge in [0.25, 0.3) is 5.56 Å². The Morgan fingerprint density at radius 1 is 1.13 bits per heavy atom. The van der Waals surface area contributed by atoms with E-state index in [9.17, 15) is 4.79 Å². The highest BCUT2D eigenvalue weighted by Crippen LogP contribution is 2.29. The first-order valence-electron chi connectivity index (χ1n) is 7.90. The summed E-state index contributed by atoms with van der Waals surface area (Å²) < 4.78 is 10.5. The van der Waals surface area contributed by atoms with E-state index in [1.165, 1.54) is 4.90 Å². The zero-order valence-corrected chi connectivity index (χ0v) is 13.9. The number of benzene rings is 1. The average molecular weight is 320 g/mol. The van der Waals surface area contributed by atoms with Crippen LogP contribution in [0.15, 0.2) is 16.9 Å². The van der Waals surface area contributed by atoms with E-state index in [0.717, 1.165) is 38.5 Å². The fraction of sp³-hybridized carbons (Fsp3) is 0.500. The number of aromatic amines is 1. The highest BCUT2D eigenvalue weighted by Gasteiger charge is 2.21. The van der Waals surface area contributed by atoms with Gasteiger partial charge in [-0.15, -0.1) is 0 Å². The van der Waals surface area contributed by atoms with E-state index in [-0.39, 0.29) is 5.56 Å². The quantitative estimate of drug-likeness (QED) is 0.601. The summed E-state index contributed by atoms with van der Waals surface area (Å²) in [6.45, 7) is 5.24. The molecule has 0 bridgehead atoms. The van der Waals surface area contributed by atoms with Crippen molar-refractivity contribution in [1.82, 2.24) is 9.97 Å². The maximum absolute atomic E-state index is 12.4. The van der Waals surface area contributed by atoms with Gasteiger partial charge in [0, 0.05) is 6.07 Å². The maximum Gasteiger partial charge on any atom is 0.259 e. The van der Waals surface area contributed by atoms with Crippen LogP contribution in [0, 0.1) is 0 Å². The molecule has 1 aliphatic heterocycles. The molecule has 2 heterocycles. The van der Waals surface area contributed by atoms with Crippen LogP contribution < -0.4 is 24.8 Å². The summed E-state index contributed by atoms with van der Waals surface area (Å²) in [5.74, 6) is 1.84. The predicted molar refractivity (Wildman–Crippen MR) is 86.5 cm³/mol. The molecule has 23 heavy (non-hydrogen) atoms. The Balaban J connectivity index is 1.92. The number of quaternary nitrogens is 2. The van der Waals surface area contributed by atoms with Gasteiger partial charge in [0.1, 0.15) is 32.7 Å². The Hall–Kier alpha value is -2.12. The standard InChI is InChI=1S/C16H22N4O3/c1-19-4-6-20(7-5-19)10-15-17-12-9-14(23-3)13(22-2)8-11(12)16(21)18-15/h8-9H,4-7,10H2,1-3H3,(H,17,18,21)/p+2. The van der Waals surface area contributed by atoms with Gasteiger partial charge in [-0.2, -0.15) is 0 Å². The molecule has 7 nitrogen and oxygen atoms in total. The summed E-state index contributed by atoms with van der Waals surface area (Å²) in [5, 5.41) is 0.518. The van der Waals surface area contributed by atoms with Gasteiger partial charge in [0.15, 0.2) is 17.3 Å². The molecular weight excluding hydrogens is 296 g/mol. The van der Waals surface area contributed by atoms with Gasteiger partial charge in [0.2, 0.25) is 0 Å². The van der Waals surface area contributed by atoms with Crippen molar-refractivity contribution < 1.29 is 19.3 Å². The minimum absolute atomic E-state index is 0.134. The van der Waals surface area contributed by atoms with Gasteiger partial charge >= 0.3 is 0 Å². The Morgan fingerprint density at radius 2 is 1.78 bits per heavy atom. The van der Waals surface area contributed by atoms with Crippen molar-refractivity contribution in [2.24, 2.45) is 0 Å². The topological polar surface area (TPSA) is 73.1 Å². The fourth-order valence-electron chi connectivity index (χ4n) is 3.04. The number of fused-ring (bicyclic) bond motifs is 1. The van der Waals surface area contributed by atoms with Crippen LogP contribution in [0.4, 0.5) is 0 Å². The Labute approximate surface area is 134 Å². The lowest BCUT2D eigenvalue weighted by molar-refractivity contribution is -1.01. The van der Waals surface area contributed by atoms with Crippen LogP contribution in [-0.4, -0.2) is 57.4 Å². The molecule has 1 aromatic heterocycles. The lowest BCUT2D eigenvalue weighted by atomic mass is 10.2. The number of hydrogen-bond acceptors (Lipinski definition) is 4. The molecule has 0 saturated carbocycles. The molecule has 0 unspecified atom stereocenters. The highest BCUT2D eigenvalue weighted by molar-refractivity contribution is 5.81. The van der Waals surface area contributed by atoms with Gasteiger partial charge in [0.05, 0.1) is 32.2 Å². The van der Waals surface area contributed by atoms with Crippen LogP contribution in [0.25, 0.3) is 10.9 Å². The summed E-state index contributed by atoms with van der Waals surface area (Å²) in [4.78, 5) is 22.9. The van der Waals surface area contributed by atoms with Gasteiger partial charge in [-0.3, -0.25) is 4.79 Å². The van der Waals surface area contributed by atoms with Gasteiger partial charge in [-0.25, -0.2) is 4.98 Å². The van der Waals surface area contributed by atoms with Crippen molar-refractivity contribution >= 4 is 10.9 Å². The summed E-state index contributed by atoms with van der Waals surface area (Å²) in [5.41, 5.74) is 0.505. The minimum Gasteiger partial charge on any atom is -0.493 e. The number of methoxy groups -OCH3 is 2. The average Bonchev–Trinajstić information content (AvgIpc) is 2.56. The number of piperazine rings is 1. The number of rotatable bonds is 4. The lowest BCUT2D eigenvalue weighted by Crippen LogP contribution is -3.26. The maximum atomic E-state index is 12.4. The van der Waals surface area contributed by atoms with E-state index < -0.39 is 0 Å². The third kappa shape index (κ3) is 3.30. The smallest absolute Gasteiger partial charge is 0.259 e. The summed E-state index contributed by atoms with van der Waals surface area (Å²) in [6.07, 6.45) is 0. The second-order valence-corrected chi connectivity index (χ2v) is 6.12. The Kier molecular flexibility index (Phi) is 4.49. The molecule has 1 aromatic carbocycles. The third-order valence-corrected chi connectivity index (χ3v) is 4.49. The van der Waals surface area contributed by atoms with Gasteiger partial charge in [-0.1, -0.05) is 0 Å². The van der Waals surface area contributed by atoms with Crippen molar-refractivity contribution in [2.45, 2.75) is 6.54 Å². The van der Waals surface area contributed by atoms with Crippen LogP contribution >= 0.6 is 0 Å². The van der Waals surface area contributed by atoms with E-state index in [2.05, 4.69) is 17.0 Å². The summed E-state index contributed by atoms with van der Waals surface area (Å²) in [6, 6.07) is 3.44. The van der Waals surface area contributed by atoms with Gasteiger partial charge < -0.3 is 24.3 Å². The number of hydrogen-bond donors (Lipinski definition) is 3. The minimum atomic E-state index is -0.134. The molecule has 0 aliphatic carbocycles. The molecule has 1 fully saturated rings. The zero-order valence-electron chi connectivity index (χ0n) is 13.9. The first kappa shape index (κ1) is 15.8. The molecule has 3 rings (SSSR count). The predicted octanol–water partition coefficient (Wildman–Crippen LogP) is -2.15. The zero-order chi connectivity index (χ0) is 16.4. The number of aromatic nitrogens is 2. The normalized spacial score (nSPS) is 21.3. The van der Waals surface area contributed by atoms with Crippen molar-refractivity contribution in [2.75, 3.05) is 47.4 Å². The molecular formula is C16H24N4O3+2. The monoisotopic (exact) mass is 320 g/mol. The first-order valence-corrected chi connectivity index (χ1v) is 7.90. The molecule has 0 atom stereocenters. The number of likely N-dealkylation sites (N-methyl/N-ethyl adjacent to an activating group) is 1. The molecule has 2 aromatic rings. The largest absolute Gasteiger partial charge is 0.493 e. The molecule has 0 amide bonds. The molecule has 3 N–H and O–H groups in total. The highest BCUT2D eigenvalue weighted by atomic mass is 16.5. The van der Waals surface area contributed by atoms with Crippen LogP contribution in [0.1, 0.15) is 5.82 Å². The second kappa shape index (κ2) is 6.55. The SMILES string of the molecule is COc1cc2nc(C[NH+]3CC[NH+](C)CC3)[nH]c(=O)c2cc1OC.